The molecule has 0 saturated carbocycles. The number of benzene rings is 1. The van der Waals surface area contributed by atoms with E-state index in [1.54, 1.807) is 31.2 Å². The van der Waals surface area contributed by atoms with Gasteiger partial charge in [0.05, 0.1) is 0 Å². The van der Waals surface area contributed by atoms with Crippen molar-refractivity contribution >= 4 is 58.8 Å². The number of nitrogens with one attached hydrogen (secondary N) is 4. The van der Waals surface area contributed by atoms with E-state index < -0.39 is 83.9 Å². The third kappa shape index (κ3) is 9.62. The van der Waals surface area contributed by atoms with Crippen LogP contribution in [0.25, 0.3) is 0 Å². The number of anilines is 1. The second-order valence-electron chi connectivity index (χ2n) is 16.1. The van der Waals surface area contributed by atoms with Crippen molar-refractivity contribution in [2.75, 3.05) is 25.0 Å². The van der Waals surface area contributed by atoms with Crippen molar-refractivity contribution < 1.29 is 38.3 Å². The van der Waals surface area contributed by atoms with Crippen LogP contribution in [0, 0.1) is 17.8 Å². The normalized spacial score (nSPS) is 31.5. The van der Waals surface area contributed by atoms with Crippen LogP contribution in [0.2, 0.25) is 5.02 Å². The standard InChI is InChI=1S/C41H54ClN7O8/c1-23-19-33-40(55)57-26(4)34(46-35(50)30(20-27-12-6-5-11-24(27)2)45-41(56)44-29-14-9-13-28(42)21-29)39(54)48-18-10-16-32(48)38(53)47-17-8-7-15-31(47)36(51)43-25(3)37(52)49(33)22-23/h5-6,9,11-14,21,23-27,30-34H,7-8,10,15-20,22H2,1-4H3,(H,43,51)(H,46,50)(H2,44,45,56)/t23-,24?,25+,26+,27?,30+,31+,32+,33+,34+/m1/s1. The van der Waals surface area contributed by atoms with E-state index in [0.717, 1.165) is 0 Å². The van der Waals surface area contributed by atoms with Crippen LogP contribution in [0.4, 0.5) is 10.5 Å². The summed E-state index contributed by atoms with van der Waals surface area (Å²) in [5.41, 5.74) is 0.405. The fourth-order valence-corrected chi connectivity index (χ4v) is 8.86. The lowest BCUT2D eigenvalue weighted by Gasteiger charge is -2.39. The van der Waals surface area contributed by atoms with Crippen LogP contribution in [-0.4, -0.2) is 118 Å². The summed E-state index contributed by atoms with van der Waals surface area (Å²) in [5, 5.41) is 11.5. The molecule has 0 radical (unpaired) electrons. The number of urea groups is 1. The number of piperidine rings is 1. The Kier molecular flexibility index (Phi) is 13.3. The lowest BCUT2D eigenvalue weighted by atomic mass is 9.84. The largest absolute Gasteiger partial charge is 0.458 e. The molecular formula is C41H54ClN7O8. The summed E-state index contributed by atoms with van der Waals surface area (Å²) in [6.45, 7) is 7.73. The maximum Gasteiger partial charge on any atom is 0.329 e. The Labute approximate surface area is 338 Å². The van der Waals surface area contributed by atoms with Gasteiger partial charge in [0.25, 0.3) is 0 Å². The van der Waals surface area contributed by atoms with E-state index >= 15 is 0 Å². The number of hydrogen-bond donors (Lipinski definition) is 4. The average Bonchev–Trinajstić information content (AvgIpc) is 3.83. The monoisotopic (exact) mass is 807 g/mol. The Morgan fingerprint density at radius 3 is 2.35 bits per heavy atom. The Morgan fingerprint density at radius 2 is 1.60 bits per heavy atom. The molecule has 5 aliphatic rings. The summed E-state index contributed by atoms with van der Waals surface area (Å²) < 4.78 is 5.97. The van der Waals surface area contributed by atoms with Crippen molar-refractivity contribution in [3.8, 4) is 0 Å². The molecule has 7 amide bonds. The van der Waals surface area contributed by atoms with E-state index in [1.807, 2.05) is 38.2 Å². The number of rotatable bonds is 6. The molecule has 10 atom stereocenters. The number of halogens is 1. The summed E-state index contributed by atoms with van der Waals surface area (Å²) in [5.74, 6) is -3.58. The fourth-order valence-electron chi connectivity index (χ4n) is 8.67. The van der Waals surface area contributed by atoms with Gasteiger partial charge in [0.2, 0.25) is 29.5 Å². The van der Waals surface area contributed by atoms with Gasteiger partial charge in [0, 0.05) is 30.3 Å². The Bertz CT molecular complexity index is 1800. The van der Waals surface area contributed by atoms with Gasteiger partial charge in [-0.1, -0.05) is 55.8 Å². The van der Waals surface area contributed by atoms with Crippen LogP contribution in [0.15, 0.2) is 48.6 Å². The number of esters is 1. The number of carbonyl (C=O) groups is 7. The second-order valence-corrected chi connectivity index (χ2v) is 16.6. The Morgan fingerprint density at radius 1 is 0.877 bits per heavy atom. The molecule has 4 fully saturated rings. The average molecular weight is 808 g/mol. The molecule has 4 saturated heterocycles. The van der Waals surface area contributed by atoms with Gasteiger partial charge in [-0.25, -0.2) is 9.59 Å². The number of ether oxygens (including phenoxy) is 1. The van der Waals surface area contributed by atoms with E-state index in [0.29, 0.717) is 55.8 Å². The minimum Gasteiger partial charge on any atom is -0.458 e. The molecule has 6 rings (SSSR count). The zero-order valence-corrected chi connectivity index (χ0v) is 33.7. The predicted molar refractivity (Wildman–Crippen MR) is 211 cm³/mol. The molecule has 0 aromatic heterocycles. The number of fused-ring (bicyclic) bond motifs is 3. The van der Waals surface area contributed by atoms with Crippen LogP contribution in [-0.2, 0) is 33.5 Å². The minimum absolute atomic E-state index is 0.0338. The highest BCUT2D eigenvalue weighted by Gasteiger charge is 2.47. The van der Waals surface area contributed by atoms with E-state index in [1.165, 1.54) is 21.6 Å². The van der Waals surface area contributed by atoms with Gasteiger partial charge in [-0.05, 0) is 94.7 Å². The smallest absolute Gasteiger partial charge is 0.329 e. The first kappa shape index (κ1) is 41.7. The highest BCUT2D eigenvalue weighted by molar-refractivity contribution is 6.30. The topological polar surface area (TPSA) is 187 Å². The number of cyclic esters (lactones) is 1. The van der Waals surface area contributed by atoms with Crippen molar-refractivity contribution in [3.05, 3.63) is 53.6 Å². The van der Waals surface area contributed by atoms with Crippen molar-refractivity contribution in [2.24, 2.45) is 17.8 Å². The number of allylic oxidation sites excluding steroid dienone is 4. The maximum atomic E-state index is 14.7. The molecule has 0 bridgehead atoms. The quantitative estimate of drug-likeness (QED) is 0.316. The predicted octanol–water partition coefficient (Wildman–Crippen LogP) is 3.14. The molecule has 15 nitrogen and oxygen atoms in total. The van der Waals surface area contributed by atoms with Gasteiger partial charge < -0.3 is 40.7 Å². The Balaban J connectivity index is 1.32. The molecule has 1 aromatic rings. The van der Waals surface area contributed by atoms with Gasteiger partial charge in [-0.3, -0.25) is 24.0 Å². The maximum absolute atomic E-state index is 14.7. The van der Waals surface area contributed by atoms with E-state index in [2.05, 4.69) is 21.3 Å². The first-order valence-electron chi connectivity index (χ1n) is 20.1. The van der Waals surface area contributed by atoms with Crippen molar-refractivity contribution in [1.82, 2.24) is 30.7 Å². The number of hydrogen-bond acceptors (Lipinski definition) is 8. The number of carbonyl (C=O) groups excluding carboxylic acids is 7. The second kappa shape index (κ2) is 18.1. The lowest BCUT2D eigenvalue weighted by molar-refractivity contribution is -0.163. The van der Waals surface area contributed by atoms with Gasteiger partial charge in [-0.15, -0.1) is 0 Å². The van der Waals surface area contributed by atoms with Gasteiger partial charge in [0.1, 0.15) is 42.4 Å². The zero-order valence-electron chi connectivity index (χ0n) is 32.9. The number of amides is 7. The lowest BCUT2D eigenvalue weighted by Crippen LogP contribution is -2.63. The van der Waals surface area contributed by atoms with E-state index in [-0.39, 0.29) is 37.3 Å². The third-order valence-electron chi connectivity index (χ3n) is 11.8. The fraction of sp³-hybridized carbons (Fsp3) is 0.585. The molecular weight excluding hydrogens is 754 g/mol. The van der Waals surface area contributed by atoms with E-state index in [9.17, 15) is 33.6 Å². The molecule has 308 valence electrons. The van der Waals surface area contributed by atoms with Crippen molar-refractivity contribution in [1.29, 1.82) is 0 Å². The Hall–Kier alpha value is -4.92. The highest BCUT2D eigenvalue weighted by atomic mass is 35.5. The van der Waals surface area contributed by atoms with Crippen LogP contribution >= 0.6 is 11.6 Å². The first-order chi connectivity index (χ1) is 27.2. The van der Waals surface area contributed by atoms with Crippen molar-refractivity contribution in [2.45, 2.75) is 115 Å². The molecule has 4 N–H and O–H groups in total. The molecule has 1 aromatic carbocycles. The first-order valence-corrected chi connectivity index (χ1v) is 20.5. The molecule has 4 heterocycles. The molecule has 2 unspecified atom stereocenters. The van der Waals surface area contributed by atoms with Crippen molar-refractivity contribution in [3.63, 3.8) is 0 Å². The molecule has 57 heavy (non-hydrogen) atoms. The summed E-state index contributed by atoms with van der Waals surface area (Å²) >= 11 is 6.13. The number of nitrogens with zero attached hydrogens (tertiary/aromatic N) is 3. The van der Waals surface area contributed by atoms with Gasteiger partial charge >= 0.3 is 12.0 Å². The zero-order chi connectivity index (χ0) is 41.0. The van der Waals surface area contributed by atoms with Gasteiger partial charge in [-0.2, -0.15) is 0 Å². The van der Waals surface area contributed by atoms with Crippen LogP contribution < -0.4 is 21.3 Å². The SMILES string of the molecule is CC1C=CC=CC1C[C@H](NC(=O)Nc1cccc(Cl)c1)C(=O)N[C@@H]1C(=O)N2CCC[C@H]2C(=O)N2CCCC[C@H]2C(=O)N[C@@H](C)C(=O)N2C[C@H](C)C[C@H]2C(=O)O[C@H]1C. The molecule has 0 spiro atoms. The molecule has 1 aliphatic carbocycles. The van der Waals surface area contributed by atoms with E-state index in [4.69, 9.17) is 16.3 Å². The summed E-state index contributed by atoms with van der Waals surface area (Å²) in [6, 6.07) is -0.480. The summed E-state index contributed by atoms with van der Waals surface area (Å²) in [6.07, 6.45) is 9.57. The minimum atomic E-state index is -1.47. The van der Waals surface area contributed by atoms with Crippen LogP contribution in [0.3, 0.4) is 0 Å². The van der Waals surface area contributed by atoms with Crippen LogP contribution in [0.5, 0.6) is 0 Å². The van der Waals surface area contributed by atoms with Crippen LogP contribution in [0.1, 0.15) is 72.6 Å². The summed E-state index contributed by atoms with van der Waals surface area (Å²) in [4.78, 5) is 103. The highest BCUT2D eigenvalue weighted by Crippen LogP contribution is 2.29. The summed E-state index contributed by atoms with van der Waals surface area (Å²) in [7, 11) is 0. The third-order valence-corrected chi connectivity index (χ3v) is 12.0. The van der Waals surface area contributed by atoms with Gasteiger partial charge in [0.15, 0.2) is 0 Å². The molecule has 16 heteroatoms. The molecule has 4 aliphatic heterocycles.